The van der Waals surface area contributed by atoms with Crippen LogP contribution in [0.15, 0.2) is 6.20 Å². The van der Waals surface area contributed by atoms with Gasteiger partial charge in [0.25, 0.3) is 0 Å². The number of rotatable bonds is 2. The molecule has 0 spiro atoms. The lowest BCUT2D eigenvalue weighted by molar-refractivity contribution is 0.0518. The summed E-state index contributed by atoms with van der Waals surface area (Å²) in [7, 11) is 0. The summed E-state index contributed by atoms with van der Waals surface area (Å²) in [5.74, 6) is -0.345. The van der Waals surface area contributed by atoms with Gasteiger partial charge in [0, 0.05) is 5.56 Å². The number of carbonyl (C=O) groups excluding carboxylic acids is 1. The monoisotopic (exact) mass is 214 g/mol. The van der Waals surface area contributed by atoms with E-state index in [1.165, 1.54) is 0 Å². The van der Waals surface area contributed by atoms with Gasteiger partial charge in [-0.15, -0.1) is 0 Å². The first-order valence-corrected chi connectivity index (χ1v) is 5.42. The quantitative estimate of drug-likeness (QED) is 0.770. The smallest absolute Gasteiger partial charge is 0.356 e. The number of aromatic amines is 1. The van der Waals surface area contributed by atoms with Crippen molar-refractivity contribution in [2.45, 2.75) is 41.5 Å². The lowest BCUT2D eigenvalue weighted by atomic mass is 10.3. The second-order valence-corrected chi connectivity index (χ2v) is 2.15. The third kappa shape index (κ3) is 5.88. The molecule has 1 N–H and O–H groups in total. The van der Waals surface area contributed by atoms with Crippen LogP contribution >= 0.6 is 0 Å². The average Bonchev–Trinajstić information content (AvgIpc) is 2.71. The lowest BCUT2D eigenvalue weighted by Gasteiger charge is -1.97. The predicted octanol–water partition coefficient (Wildman–Crippen LogP) is 2.95. The van der Waals surface area contributed by atoms with Crippen molar-refractivity contribution in [3.8, 4) is 0 Å². The highest BCUT2D eigenvalue weighted by molar-refractivity contribution is 5.88. The van der Waals surface area contributed by atoms with Crippen LogP contribution in [0.2, 0.25) is 0 Å². The minimum absolute atomic E-state index is 0.345. The molecular formula is C11H22N2O2. The van der Waals surface area contributed by atoms with Crippen LogP contribution < -0.4 is 0 Å². The van der Waals surface area contributed by atoms with Gasteiger partial charge < -0.3 is 4.74 Å². The van der Waals surface area contributed by atoms with E-state index in [9.17, 15) is 4.79 Å². The predicted molar refractivity (Wildman–Crippen MR) is 62.0 cm³/mol. The number of carbonyl (C=O) groups is 1. The number of aromatic nitrogens is 2. The number of esters is 1. The zero-order valence-electron chi connectivity index (χ0n) is 10.5. The first-order chi connectivity index (χ1) is 7.25. The summed E-state index contributed by atoms with van der Waals surface area (Å²) in [6.45, 7) is 12.0. The van der Waals surface area contributed by atoms with Crippen LogP contribution in [0.4, 0.5) is 0 Å². The topological polar surface area (TPSA) is 55.0 Å². The standard InChI is InChI=1S/C7H10N2O2.2C2H6/c1-3-11-7(10)6-5(2)4-8-9-6;2*1-2/h4H,3H2,1-2H3,(H,8,9);2*1-2H3. The number of nitrogens with one attached hydrogen (secondary N) is 1. The van der Waals surface area contributed by atoms with E-state index in [2.05, 4.69) is 10.2 Å². The Bertz CT molecular complexity index is 257. The summed E-state index contributed by atoms with van der Waals surface area (Å²) in [6, 6.07) is 0. The molecule has 0 aliphatic heterocycles. The molecule has 4 heteroatoms. The zero-order valence-corrected chi connectivity index (χ0v) is 10.5. The summed E-state index contributed by atoms with van der Waals surface area (Å²) >= 11 is 0. The van der Waals surface area contributed by atoms with Gasteiger partial charge in [-0.3, -0.25) is 5.10 Å². The molecule has 4 nitrogen and oxygen atoms in total. The average molecular weight is 214 g/mol. The molecule has 0 amide bonds. The fourth-order valence-electron chi connectivity index (χ4n) is 0.756. The van der Waals surface area contributed by atoms with E-state index in [1.807, 2.05) is 27.7 Å². The van der Waals surface area contributed by atoms with Gasteiger partial charge in [0.2, 0.25) is 0 Å². The summed E-state index contributed by atoms with van der Waals surface area (Å²) in [4.78, 5) is 11.0. The van der Waals surface area contributed by atoms with E-state index < -0.39 is 0 Å². The van der Waals surface area contributed by atoms with E-state index >= 15 is 0 Å². The molecule has 15 heavy (non-hydrogen) atoms. The maximum absolute atomic E-state index is 11.0. The number of nitrogens with zero attached hydrogens (tertiary/aromatic N) is 1. The van der Waals surface area contributed by atoms with Crippen LogP contribution in [-0.2, 0) is 4.74 Å². The lowest BCUT2D eigenvalue weighted by Crippen LogP contribution is -2.06. The fraction of sp³-hybridized carbons (Fsp3) is 0.636. The van der Waals surface area contributed by atoms with Gasteiger partial charge >= 0.3 is 5.97 Å². The minimum Gasteiger partial charge on any atom is -0.461 e. The molecule has 0 aliphatic rings. The summed E-state index contributed by atoms with van der Waals surface area (Å²) < 4.78 is 4.76. The highest BCUT2D eigenvalue weighted by Crippen LogP contribution is 2.03. The number of ether oxygens (including phenoxy) is 1. The molecule has 1 heterocycles. The molecule has 0 bridgehead atoms. The molecular weight excluding hydrogens is 192 g/mol. The van der Waals surface area contributed by atoms with Crippen molar-refractivity contribution in [2.24, 2.45) is 0 Å². The molecule has 1 rings (SSSR count). The van der Waals surface area contributed by atoms with E-state index in [0.717, 1.165) is 5.56 Å². The van der Waals surface area contributed by atoms with Gasteiger partial charge in [0.1, 0.15) is 5.69 Å². The van der Waals surface area contributed by atoms with Gasteiger partial charge in [-0.1, -0.05) is 27.7 Å². The Balaban J connectivity index is 0. The van der Waals surface area contributed by atoms with Crippen LogP contribution in [0, 0.1) is 6.92 Å². The maximum Gasteiger partial charge on any atom is 0.356 e. The first-order valence-electron chi connectivity index (χ1n) is 5.42. The van der Waals surface area contributed by atoms with Gasteiger partial charge in [-0.2, -0.15) is 5.10 Å². The Labute approximate surface area is 92.0 Å². The summed E-state index contributed by atoms with van der Waals surface area (Å²) in [5, 5.41) is 6.26. The second kappa shape index (κ2) is 10.8. The Kier molecular flexibility index (Phi) is 11.6. The number of aryl methyl sites for hydroxylation is 1. The molecule has 0 radical (unpaired) electrons. The van der Waals surface area contributed by atoms with E-state index in [4.69, 9.17) is 4.74 Å². The van der Waals surface area contributed by atoms with Crippen LogP contribution in [-0.4, -0.2) is 22.8 Å². The van der Waals surface area contributed by atoms with Crippen molar-refractivity contribution in [3.63, 3.8) is 0 Å². The number of hydrogen-bond acceptors (Lipinski definition) is 3. The van der Waals surface area contributed by atoms with E-state index in [0.29, 0.717) is 12.3 Å². The first kappa shape index (κ1) is 16.1. The molecule has 1 aromatic heterocycles. The molecule has 0 unspecified atom stereocenters. The molecule has 0 aliphatic carbocycles. The highest BCUT2D eigenvalue weighted by Gasteiger charge is 2.10. The molecule has 0 fully saturated rings. The molecule has 0 atom stereocenters. The maximum atomic E-state index is 11.0. The van der Waals surface area contributed by atoms with Crippen molar-refractivity contribution in [3.05, 3.63) is 17.5 Å². The Morgan fingerprint density at radius 1 is 1.40 bits per heavy atom. The second-order valence-electron chi connectivity index (χ2n) is 2.15. The van der Waals surface area contributed by atoms with Gasteiger partial charge in [-0.05, 0) is 13.8 Å². The Hall–Kier alpha value is -1.32. The molecule has 88 valence electrons. The highest BCUT2D eigenvalue weighted by atomic mass is 16.5. The molecule has 0 saturated heterocycles. The van der Waals surface area contributed by atoms with Crippen molar-refractivity contribution in [1.29, 1.82) is 0 Å². The molecule has 0 aromatic carbocycles. The van der Waals surface area contributed by atoms with E-state index in [-0.39, 0.29) is 5.97 Å². The van der Waals surface area contributed by atoms with Crippen molar-refractivity contribution < 1.29 is 9.53 Å². The fourth-order valence-corrected chi connectivity index (χ4v) is 0.756. The zero-order chi connectivity index (χ0) is 12.3. The van der Waals surface area contributed by atoms with Gasteiger partial charge in [0.05, 0.1) is 12.8 Å². The number of hydrogen-bond donors (Lipinski definition) is 1. The SMILES string of the molecule is CC.CC.CCOC(=O)c1[nH]ncc1C. The summed E-state index contributed by atoms with van der Waals surface area (Å²) in [5.41, 5.74) is 1.25. The molecule has 1 aromatic rings. The van der Waals surface area contributed by atoms with Crippen molar-refractivity contribution >= 4 is 5.97 Å². The summed E-state index contributed by atoms with van der Waals surface area (Å²) in [6.07, 6.45) is 1.59. The third-order valence-corrected chi connectivity index (χ3v) is 1.31. The van der Waals surface area contributed by atoms with Gasteiger partial charge in [0.15, 0.2) is 0 Å². The van der Waals surface area contributed by atoms with Crippen molar-refractivity contribution in [1.82, 2.24) is 10.2 Å². The minimum atomic E-state index is -0.345. The number of H-pyrrole nitrogens is 1. The Morgan fingerprint density at radius 2 is 1.93 bits per heavy atom. The largest absolute Gasteiger partial charge is 0.461 e. The van der Waals surface area contributed by atoms with Crippen LogP contribution in [0.3, 0.4) is 0 Å². The normalized spacial score (nSPS) is 7.87. The van der Waals surface area contributed by atoms with Crippen LogP contribution in [0.25, 0.3) is 0 Å². The third-order valence-electron chi connectivity index (χ3n) is 1.31. The molecule has 0 saturated carbocycles. The Morgan fingerprint density at radius 3 is 2.27 bits per heavy atom. The van der Waals surface area contributed by atoms with Crippen molar-refractivity contribution in [2.75, 3.05) is 6.61 Å². The van der Waals surface area contributed by atoms with E-state index in [1.54, 1.807) is 20.0 Å². The van der Waals surface area contributed by atoms with Crippen LogP contribution in [0.5, 0.6) is 0 Å². The van der Waals surface area contributed by atoms with Gasteiger partial charge in [-0.25, -0.2) is 4.79 Å². The van der Waals surface area contributed by atoms with Crippen LogP contribution in [0.1, 0.15) is 50.7 Å².